The summed E-state index contributed by atoms with van der Waals surface area (Å²) in [5.41, 5.74) is 2.25. The van der Waals surface area contributed by atoms with Crippen LogP contribution in [-0.2, 0) is 11.2 Å². The number of carbonyl (C=O) groups excluding carboxylic acids is 1. The molecule has 0 saturated heterocycles. The molecule has 0 fully saturated rings. The number of carbonyl (C=O) groups is 1. The number of thiophene rings is 1. The fourth-order valence-electron chi connectivity index (χ4n) is 2.30. The van der Waals surface area contributed by atoms with E-state index in [-0.39, 0.29) is 11.9 Å². The van der Waals surface area contributed by atoms with Crippen molar-refractivity contribution in [3.05, 3.63) is 57.8 Å². The average Bonchev–Trinajstić information content (AvgIpc) is 2.92. The molecule has 2 aromatic rings. The third kappa shape index (κ3) is 4.69. The van der Waals surface area contributed by atoms with Gasteiger partial charge in [0.25, 0.3) is 0 Å². The summed E-state index contributed by atoms with van der Waals surface area (Å²) in [6, 6.07) is 12.5. The molecule has 1 N–H and O–H groups in total. The van der Waals surface area contributed by atoms with E-state index < -0.39 is 0 Å². The van der Waals surface area contributed by atoms with Crippen LogP contribution in [0.25, 0.3) is 0 Å². The molecule has 1 atom stereocenters. The molecule has 0 aliphatic heterocycles. The van der Waals surface area contributed by atoms with Crippen LogP contribution < -0.4 is 5.32 Å². The van der Waals surface area contributed by atoms with Crippen molar-refractivity contribution in [2.45, 2.75) is 19.4 Å². The van der Waals surface area contributed by atoms with Crippen molar-refractivity contribution in [1.82, 2.24) is 10.2 Å². The summed E-state index contributed by atoms with van der Waals surface area (Å²) >= 11 is 1.72. The van der Waals surface area contributed by atoms with Crippen molar-refractivity contribution in [3.8, 4) is 0 Å². The van der Waals surface area contributed by atoms with Crippen molar-refractivity contribution < 1.29 is 4.79 Å². The molecule has 0 radical (unpaired) electrons. The Kier molecular flexibility index (Phi) is 5.53. The third-order valence-corrected chi connectivity index (χ3v) is 4.41. The Bertz CT molecular complexity index is 578. The Morgan fingerprint density at radius 1 is 1.29 bits per heavy atom. The Morgan fingerprint density at radius 3 is 2.71 bits per heavy atom. The molecule has 0 spiro atoms. The number of hydrogen-bond donors (Lipinski definition) is 1. The van der Waals surface area contributed by atoms with Crippen LogP contribution in [0.15, 0.2) is 41.8 Å². The van der Waals surface area contributed by atoms with Gasteiger partial charge in [0.2, 0.25) is 5.91 Å². The Labute approximate surface area is 130 Å². The molecule has 2 rings (SSSR count). The molecule has 3 nitrogen and oxygen atoms in total. The summed E-state index contributed by atoms with van der Waals surface area (Å²) in [7, 11) is 4.08. The number of rotatable bonds is 6. The molecular weight excluding hydrogens is 280 g/mol. The van der Waals surface area contributed by atoms with Crippen LogP contribution >= 0.6 is 11.3 Å². The van der Waals surface area contributed by atoms with Gasteiger partial charge in [-0.25, -0.2) is 0 Å². The SMILES string of the molecule is Cc1cccc(CC(=O)NCC(c2cccs2)N(C)C)c1. The number of benzene rings is 1. The van der Waals surface area contributed by atoms with Crippen molar-refractivity contribution >= 4 is 17.2 Å². The Balaban J connectivity index is 1.90. The molecular formula is C17H22N2OS. The van der Waals surface area contributed by atoms with Gasteiger partial charge in [-0.1, -0.05) is 35.9 Å². The summed E-state index contributed by atoms with van der Waals surface area (Å²) in [6.07, 6.45) is 0.437. The van der Waals surface area contributed by atoms with Crippen LogP contribution in [-0.4, -0.2) is 31.4 Å². The molecule has 112 valence electrons. The first kappa shape index (κ1) is 15.7. The zero-order valence-corrected chi connectivity index (χ0v) is 13.6. The zero-order chi connectivity index (χ0) is 15.2. The summed E-state index contributed by atoms with van der Waals surface area (Å²) < 4.78 is 0. The van der Waals surface area contributed by atoms with Crippen LogP contribution in [0.2, 0.25) is 0 Å². The maximum atomic E-state index is 12.1. The minimum Gasteiger partial charge on any atom is -0.354 e. The fourth-order valence-corrected chi connectivity index (χ4v) is 3.22. The average molecular weight is 302 g/mol. The van der Waals surface area contributed by atoms with Gasteiger partial charge in [-0.05, 0) is 38.0 Å². The Hall–Kier alpha value is -1.65. The molecule has 1 aromatic heterocycles. The lowest BCUT2D eigenvalue weighted by atomic mass is 10.1. The summed E-state index contributed by atoms with van der Waals surface area (Å²) in [6.45, 7) is 2.68. The van der Waals surface area contributed by atoms with E-state index in [1.807, 2.05) is 45.3 Å². The van der Waals surface area contributed by atoms with Gasteiger partial charge in [0.15, 0.2) is 0 Å². The topological polar surface area (TPSA) is 32.3 Å². The normalized spacial score (nSPS) is 12.4. The van der Waals surface area contributed by atoms with Crippen LogP contribution in [0.3, 0.4) is 0 Å². The van der Waals surface area contributed by atoms with E-state index in [0.29, 0.717) is 13.0 Å². The number of nitrogens with zero attached hydrogens (tertiary/aromatic N) is 1. The second-order valence-corrected chi connectivity index (χ2v) is 6.44. The third-order valence-electron chi connectivity index (χ3n) is 3.43. The monoisotopic (exact) mass is 302 g/mol. The van der Waals surface area contributed by atoms with Crippen LogP contribution in [0, 0.1) is 6.92 Å². The van der Waals surface area contributed by atoms with Crippen LogP contribution in [0.1, 0.15) is 22.0 Å². The smallest absolute Gasteiger partial charge is 0.224 e. The van der Waals surface area contributed by atoms with Gasteiger partial charge in [-0.15, -0.1) is 11.3 Å². The molecule has 1 aromatic carbocycles. The van der Waals surface area contributed by atoms with E-state index in [0.717, 1.165) is 5.56 Å². The molecule has 21 heavy (non-hydrogen) atoms. The second kappa shape index (κ2) is 7.38. The van der Waals surface area contributed by atoms with E-state index in [1.165, 1.54) is 10.4 Å². The molecule has 1 amide bonds. The number of aryl methyl sites for hydroxylation is 1. The van der Waals surface area contributed by atoms with E-state index >= 15 is 0 Å². The van der Waals surface area contributed by atoms with Crippen LogP contribution in [0.5, 0.6) is 0 Å². The van der Waals surface area contributed by atoms with Crippen molar-refractivity contribution in [2.75, 3.05) is 20.6 Å². The first-order valence-electron chi connectivity index (χ1n) is 7.08. The number of nitrogens with one attached hydrogen (secondary N) is 1. The highest BCUT2D eigenvalue weighted by atomic mass is 32.1. The molecule has 0 aliphatic carbocycles. The molecule has 0 saturated carbocycles. The largest absolute Gasteiger partial charge is 0.354 e. The minimum atomic E-state index is 0.0732. The summed E-state index contributed by atoms with van der Waals surface area (Å²) in [5.74, 6) is 0.0732. The highest BCUT2D eigenvalue weighted by Gasteiger charge is 2.16. The van der Waals surface area contributed by atoms with Gasteiger partial charge in [0.05, 0.1) is 12.5 Å². The van der Waals surface area contributed by atoms with Gasteiger partial charge < -0.3 is 10.2 Å². The lowest BCUT2D eigenvalue weighted by molar-refractivity contribution is -0.120. The Morgan fingerprint density at radius 2 is 2.10 bits per heavy atom. The van der Waals surface area contributed by atoms with Gasteiger partial charge in [0, 0.05) is 11.4 Å². The number of hydrogen-bond acceptors (Lipinski definition) is 3. The minimum absolute atomic E-state index is 0.0732. The van der Waals surface area contributed by atoms with Gasteiger partial charge in [-0.2, -0.15) is 0 Å². The molecule has 1 unspecified atom stereocenters. The van der Waals surface area contributed by atoms with E-state index in [2.05, 4.69) is 27.7 Å². The standard InChI is InChI=1S/C17H22N2OS/c1-13-6-4-7-14(10-13)11-17(20)18-12-15(19(2)3)16-8-5-9-21-16/h4-10,15H,11-12H2,1-3H3,(H,18,20). The summed E-state index contributed by atoms with van der Waals surface area (Å²) in [5, 5.41) is 5.12. The number of likely N-dealkylation sites (N-methyl/N-ethyl adjacent to an activating group) is 1. The highest BCUT2D eigenvalue weighted by Crippen LogP contribution is 2.22. The van der Waals surface area contributed by atoms with Crippen molar-refractivity contribution in [3.63, 3.8) is 0 Å². The van der Waals surface area contributed by atoms with E-state index in [1.54, 1.807) is 11.3 Å². The number of amides is 1. The fraction of sp³-hybridized carbons (Fsp3) is 0.353. The van der Waals surface area contributed by atoms with E-state index in [9.17, 15) is 4.79 Å². The molecule has 0 aliphatic rings. The lowest BCUT2D eigenvalue weighted by Crippen LogP contribution is -2.34. The zero-order valence-electron chi connectivity index (χ0n) is 12.8. The summed E-state index contributed by atoms with van der Waals surface area (Å²) in [4.78, 5) is 15.5. The first-order valence-corrected chi connectivity index (χ1v) is 7.96. The van der Waals surface area contributed by atoms with Gasteiger partial charge >= 0.3 is 0 Å². The lowest BCUT2D eigenvalue weighted by Gasteiger charge is -2.23. The quantitative estimate of drug-likeness (QED) is 0.889. The highest BCUT2D eigenvalue weighted by molar-refractivity contribution is 7.10. The van der Waals surface area contributed by atoms with Crippen molar-refractivity contribution in [2.24, 2.45) is 0 Å². The molecule has 1 heterocycles. The van der Waals surface area contributed by atoms with E-state index in [4.69, 9.17) is 0 Å². The molecule has 4 heteroatoms. The second-order valence-electron chi connectivity index (χ2n) is 5.46. The van der Waals surface area contributed by atoms with Gasteiger partial charge in [0.1, 0.15) is 0 Å². The predicted molar refractivity (Wildman–Crippen MR) is 88.6 cm³/mol. The predicted octanol–water partition coefficient (Wildman–Crippen LogP) is 3.02. The molecule has 0 bridgehead atoms. The first-order chi connectivity index (χ1) is 10.1. The van der Waals surface area contributed by atoms with Gasteiger partial charge in [-0.3, -0.25) is 4.79 Å². The van der Waals surface area contributed by atoms with Crippen LogP contribution in [0.4, 0.5) is 0 Å². The maximum Gasteiger partial charge on any atom is 0.224 e. The van der Waals surface area contributed by atoms with Crippen molar-refractivity contribution in [1.29, 1.82) is 0 Å². The maximum absolute atomic E-state index is 12.1.